The van der Waals surface area contributed by atoms with E-state index in [0.717, 1.165) is 16.8 Å². The van der Waals surface area contributed by atoms with Gasteiger partial charge in [-0.2, -0.15) is 0 Å². The van der Waals surface area contributed by atoms with Crippen LogP contribution in [0.5, 0.6) is 11.5 Å². The lowest BCUT2D eigenvalue weighted by Crippen LogP contribution is -2.58. The molecular formula is C29H29ClN2O3. The molecular weight excluding hydrogens is 460 g/mol. The monoisotopic (exact) mass is 488 g/mol. The fraction of sp³-hybridized carbons (Fsp3) is 0.276. The van der Waals surface area contributed by atoms with Gasteiger partial charge in [0.05, 0.1) is 13.2 Å². The highest BCUT2D eigenvalue weighted by atomic mass is 35.5. The van der Waals surface area contributed by atoms with Gasteiger partial charge >= 0.3 is 0 Å². The summed E-state index contributed by atoms with van der Waals surface area (Å²) in [6, 6.07) is 21.8. The minimum atomic E-state index is -0.640. The largest absolute Gasteiger partial charge is 0.490 e. The summed E-state index contributed by atoms with van der Waals surface area (Å²) in [5.41, 5.74) is 3.24. The molecule has 1 fully saturated rings. The van der Waals surface area contributed by atoms with E-state index in [1.165, 1.54) is 5.56 Å². The summed E-state index contributed by atoms with van der Waals surface area (Å²) >= 11 is 6.28. The van der Waals surface area contributed by atoms with Crippen molar-refractivity contribution >= 4 is 29.3 Å². The van der Waals surface area contributed by atoms with E-state index in [2.05, 4.69) is 48.3 Å². The SMILES string of the molecule is CCOc1cc(/C=C/[C@]23NC(=O)CN2c2ccccc2C3(C)C)ccc1OCc1ccccc1Cl. The standard InChI is InChI=1S/C29H29ClN2O3/c1-4-34-26-17-20(13-14-25(26)35-19-21-9-5-7-11-23(21)30)15-16-29-28(2,3)22-10-6-8-12-24(22)32(29)18-27(33)31-29/h5-17H,4,18-19H2,1-3H3,(H,31,33)/b16-15+/t29-/m0/s1. The molecule has 0 aliphatic carbocycles. The number of nitrogens with zero attached hydrogens (tertiary/aromatic N) is 1. The third-order valence-corrected chi connectivity index (χ3v) is 7.37. The second-order valence-corrected chi connectivity index (χ2v) is 9.80. The fourth-order valence-corrected chi connectivity index (χ4v) is 5.33. The molecule has 0 radical (unpaired) electrons. The van der Waals surface area contributed by atoms with Crippen molar-refractivity contribution in [1.29, 1.82) is 0 Å². The van der Waals surface area contributed by atoms with Gasteiger partial charge in [0.2, 0.25) is 5.91 Å². The van der Waals surface area contributed by atoms with Gasteiger partial charge in [-0.15, -0.1) is 0 Å². The number of nitrogens with one attached hydrogen (secondary N) is 1. The Hall–Kier alpha value is -3.44. The van der Waals surface area contributed by atoms with E-state index < -0.39 is 5.66 Å². The molecule has 180 valence electrons. The Morgan fingerprint density at radius 3 is 2.60 bits per heavy atom. The zero-order chi connectivity index (χ0) is 24.6. The summed E-state index contributed by atoms with van der Waals surface area (Å²) in [7, 11) is 0. The van der Waals surface area contributed by atoms with Crippen LogP contribution in [-0.4, -0.2) is 24.7 Å². The molecule has 5 nitrogen and oxygen atoms in total. The number of anilines is 1. The molecule has 6 heteroatoms. The van der Waals surface area contributed by atoms with Gasteiger partial charge in [-0.1, -0.05) is 74.0 Å². The number of halogens is 1. The van der Waals surface area contributed by atoms with Crippen molar-refractivity contribution in [1.82, 2.24) is 5.32 Å². The first kappa shape index (κ1) is 23.3. The number of carbonyl (C=O) groups excluding carboxylic acids is 1. The number of ether oxygens (including phenoxy) is 2. The summed E-state index contributed by atoms with van der Waals surface area (Å²) in [6.07, 6.45) is 4.15. The number of hydrogen-bond acceptors (Lipinski definition) is 4. The second-order valence-electron chi connectivity index (χ2n) is 9.40. The van der Waals surface area contributed by atoms with Crippen molar-refractivity contribution in [2.24, 2.45) is 0 Å². The summed E-state index contributed by atoms with van der Waals surface area (Å²) < 4.78 is 11.9. The topological polar surface area (TPSA) is 50.8 Å². The van der Waals surface area contributed by atoms with Crippen molar-refractivity contribution in [3.63, 3.8) is 0 Å². The van der Waals surface area contributed by atoms with Crippen molar-refractivity contribution < 1.29 is 14.3 Å². The number of para-hydroxylation sites is 1. The molecule has 5 rings (SSSR count). The zero-order valence-corrected chi connectivity index (χ0v) is 20.9. The Balaban J connectivity index is 1.44. The van der Waals surface area contributed by atoms with E-state index in [-0.39, 0.29) is 11.3 Å². The average Bonchev–Trinajstić information content (AvgIpc) is 3.28. The summed E-state index contributed by atoms with van der Waals surface area (Å²) in [4.78, 5) is 14.7. The molecule has 0 bridgehead atoms. The second kappa shape index (κ2) is 8.97. The predicted octanol–water partition coefficient (Wildman–Crippen LogP) is 5.95. The van der Waals surface area contributed by atoms with Gasteiger partial charge in [-0.3, -0.25) is 4.79 Å². The molecule has 0 spiro atoms. The lowest BCUT2D eigenvalue weighted by atomic mass is 9.75. The molecule has 3 aromatic rings. The zero-order valence-electron chi connectivity index (χ0n) is 20.2. The maximum absolute atomic E-state index is 12.5. The number of hydrogen-bond donors (Lipinski definition) is 1. The number of amides is 1. The maximum atomic E-state index is 12.5. The number of carbonyl (C=O) groups is 1. The van der Waals surface area contributed by atoms with E-state index in [1.807, 2.05) is 61.5 Å². The molecule has 2 heterocycles. The first-order valence-corrected chi connectivity index (χ1v) is 12.2. The van der Waals surface area contributed by atoms with E-state index in [0.29, 0.717) is 36.3 Å². The Morgan fingerprint density at radius 2 is 1.80 bits per heavy atom. The van der Waals surface area contributed by atoms with E-state index in [1.54, 1.807) is 0 Å². The minimum Gasteiger partial charge on any atom is -0.490 e. The van der Waals surface area contributed by atoms with Crippen LogP contribution < -0.4 is 19.7 Å². The van der Waals surface area contributed by atoms with E-state index in [4.69, 9.17) is 21.1 Å². The van der Waals surface area contributed by atoms with Crippen LogP contribution in [0.1, 0.15) is 37.5 Å². The molecule has 35 heavy (non-hydrogen) atoms. The maximum Gasteiger partial charge on any atom is 0.241 e. The Labute approximate surface area is 211 Å². The molecule has 1 N–H and O–H groups in total. The van der Waals surface area contributed by atoms with Crippen LogP contribution in [0.15, 0.2) is 72.8 Å². The quantitative estimate of drug-likeness (QED) is 0.446. The summed E-state index contributed by atoms with van der Waals surface area (Å²) in [6.45, 7) is 7.52. The number of rotatable bonds is 7. The fourth-order valence-electron chi connectivity index (χ4n) is 5.14. The smallest absolute Gasteiger partial charge is 0.241 e. The van der Waals surface area contributed by atoms with Gasteiger partial charge < -0.3 is 19.7 Å². The average molecular weight is 489 g/mol. The number of fused-ring (bicyclic) bond motifs is 3. The highest BCUT2D eigenvalue weighted by molar-refractivity contribution is 6.31. The predicted molar refractivity (Wildman–Crippen MR) is 140 cm³/mol. The van der Waals surface area contributed by atoms with Crippen LogP contribution in [0.2, 0.25) is 5.02 Å². The van der Waals surface area contributed by atoms with Gasteiger partial charge in [0, 0.05) is 21.7 Å². The van der Waals surface area contributed by atoms with Crippen LogP contribution in [0.25, 0.3) is 6.08 Å². The van der Waals surface area contributed by atoms with Crippen LogP contribution >= 0.6 is 11.6 Å². The summed E-state index contributed by atoms with van der Waals surface area (Å²) in [5, 5.41) is 3.94. The van der Waals surface area contributed by atoms with Crippen LogP contribution in [-0.2, 0) is 16.8 Å². The number of benzene rings is 3. The van der Waals surface area contributed by atoms with Crippen molar-refractivity contribution in [3.05, 3.63) is 94.5 Å². The highest BCUT2D eigenvalue weighted by Gasteiger charge is 2.59. The Morgan fingerprint density at radius 1 is 1.03 bits per heavy atom. The molecule has 0 aromatic heterocycles. The molecule has 1 atom stereocenters. The van der Waals surface area contributed by atoms with Crippen molar-refractivity contribution in [3.8, 4) is 11.5 Å². The van der Waals surface area contributed by atoms with Crippen molar-refractivity contribution in [2.75, 3.05) is 18.1 Å². The molecule has 3 aromatic carbocycles. The third kappa shape index (κ3) is 3.94. The molecule has 2 aliphatic rings. The van der Waals surface area contributed by atoms with Gasteiger partial charge in [-0.25, -0.2) is 0 Å². The van der Waals surface area contributed by atoms with E-state index in [9.17, 15) is 4.79 Å². The molecule has 1 amide bonds. The van der Waals surface area contributed by atoms with Crippen LogP contribution in [0.3, 0.4) is 0 Å². The van der Waals surface area contributed by atoms with Crippen LogP contribution in [0, 0.1) is 0 Å². The Bertz CT molecular complexity index is 1300. The van der Waals surface area contributed by atoms with Gasteiger partial charge in [0.1, 0.15) is 12.3 Å². The van der Waals surface area contributed by atoms with Gasteiger partial charge in [0.15, 0.2) is 11.5 Å². The minimum absolute atomic E-state index is 0.0237. The Kier molecular flexibility index (Phi) is 5.97. The third-order valence-electron chi connectivity index (χ3n) is 7.00. The first-order valence-electron chi connectivity index (χ1n) is 11.9. The lowest BCUT2D eigenvalue weighted by Gasteiger charge is -2.40. The first-order chi connectivity index (χ1) is 16.9. The molecule has 2 aliphatic heterocycles. The van der Waals surface area contributed by atoms with Crippen molar-refractivity contribution in [2.45, 2.75) is 38.5 Å². The molecule has 0 unspecified atom stereocenters. The van der Waals surface area contributed by atoms with E-state index >= 15 is 0 Å². The summed E-state index contributed by atoms with van der Waals surface area (Å²) in [5.74, 6) is 1.35. The highest BCUT2D eigenvalue weighted by Crippen LogP contribution is 2.52. The van der Waals surface area contributed by atoms with Gasteiger partial charge in [-0.05, 0) is 48.4 Å². The lowest BCUT2D eigenvalue weighted by molar-refractivity contribution is -0.118. The molecule has 0 saturated carbocycles. The molecule has 1 saturated heterocycles. The van der Waals surface area contributed by atoms with Gasteiger partial charge in [0.25, 0.3) is 0 Å². The van der Waals surface area contributed by atoms with Crippen LogP contribution in [0.4, 0.5) is 5.69 Å². The normalized spacial score (nSPS) is 20.0.